The van der Waals surface area contributed by atoms with Crippen molar-refractivity contribution in [1.82, 2.24) is 0 Å². The number of anilines is 1. The zero-order valence-corrected chi connectivity index (χ0v) is 20.3. The molecule has 0 radical (unpaired) electrons. The fourth-order valence-corrected chi connectivity index (χ4v) is 5.22. The van der Waals surface area contributed by atoms with E-state index in [1.165, 1.54) is 16.9 Å². The highest BCUT2D eigenvalue weighted by molar-refractivity contribution is 7.73. The number of rotatable bonds is 6. The van der Waals surface area contributed by atoms with Crippen molar-refractivity contribution in [2.45, 2.75) is 65.2 Å². The lowest BCUT2D eigenvalue weighted by molar-refractivity contribution is -0.116. The molecule has 1 heterocycles. The first-order valence-electron chi connectivity index (χ1n) is 10.8. The van der Waals surface area contributed by atoms with Gasteiger partial charge in [0.05, 0.1) is 16.0 Å². The second-order valence-electron chi connectivity index (χ2n) is 9.29. The Labute approximate surface area is 194 Å². The lowest BCUT2D eigenvalue weighted by Crippen LogP contribution is -2.17. The topological polar surface area (TPSA) is 62.1 Å². The maximum absolute atomic E-state index is 12.5. The van der Waals surface area contributed by atoms with Gasteiger partial charge in [0.2, 0.25) is 5.91 Å². The molecule has 0 fully saturated rings. The monoisotopic (exact) mass is 454 g/mol. The fourth-order valence-electron chi connectivity index (χ4n) is 3.81. The van der Waals surface area contributed by atoms with Crippen LogP contribution in [0.2, 0.25) is 0 Å². The molecule has 31 heavy (non-hydrogen) atoms. The van der Waals surface area contributed by atoms with Gasteiger partial charge in [-0.2, -0.15) is 5.26 Å². The van der Waals surface area contributed by atoms with Gasteiger partial charge in [-0.3, -0.25) is 4.79 Å². The number of ether oxygens (including phenoxy) is 1. The van der Waals surface area contributed by atoms with Gasteiger partial charge < -0.3 is 10.1 Å². The smallest absolute Gasteiger partial charge is 0.225 e. The molecule has 0 saturated carbocycles. The second-order valence-corrected chi connectivity index (χ2v) is 11.0. The number of fused-ring (bicyclic) bond motifs is 1. The summed E-state index contributed by atoms with van der Waals surface area (Å²) in [7, 11) is 0. The highest BCUT2D eigenvalue weighted by Crippen LogP contribution is 2.36. The predicted molar refractivity (Wildman–Crippen MR) is 130 cm³/mol. The predicted octanol–water partition coefficient (Wildman–Crippen LogP) is 6.57. The van der Waals surface area contributed by atoms with Crippen LogP contribution in [0.1, 0.15) is 69.2 Å². The Bertz CT molecular complexity index is 1040. The molecule has 0 spiro atoms. The van der Waals surface area contributed by atoms with Crippen LogP contribution in [0.5, 0.6) is 5.75 Å². The number of nitriles is 1. The standard InChI is InChI=1S/C25H30N2O2S2/c1-16-7-12-19-20(14-16)24(30)31-23(21(19)15-26)27-22(28)6-5-13-29-18-10-8-17(9-11-18)25(2,3)4/h8-11,16H,5-7,12-14H2,1-4H3,(H,27,28). The molecule has 1 atom stereocenters. The molecular weight excluding hydrogens is 424 g/mol. The van der Waals surface area contributed by atoms with E-state index in [9.17, 15) is 10.1 Å². The van der Waals surface area contributed by atoms with Crippen molar-refractivity contribution in [1.29, 1.82) is 5.26 Å². The van der Waals surface area contributed by atoms with Gasteiger partial charge in [-0.15, -0.1) is 11.3 Å². The van der Waals surface area contributed by atoms with Gasteiger partial charge in [0, 0.05) is 6.42 Å². The van der Waals surface area contributed by atoms with Crippen LogP contribution in [0.4, 0.5) is 5.00 Å². The van der Waals surface area contributed by atoms with E-state index < -0.39 is 0 Å². The summed E-state index contributed by atoms with van der Waals surface area (Å²) in [5.41, 5.74) is 4.11. The molecule has 1 aromatic carbocycles. The van der Waals surface area contributed by atoms with E-state index in [2.05, 4.69) is 51.2 Å². The summed E-state index contributed by atoms with van der Waals surface area (Å²) in [6, 6.07) is 10.4. The molecular formula is C25H30N2O2S2. The van der Waals surface area contributed by atoms with Gasteiger partial charge >= 0.3 is 0 Å². The average Bonchev–Trinajstić information content (AvgIpc) is 2.71. The molecule has 1 N–H and O–H groups in total. The first-order valence-corrected chi connectivity index (χ1v) is 12.0. The third-order valence-corrected chi connectivity index (χ3v) is 7.11. The quantitative estimate of drug-likeness (QED) is 0.396. The molecule has 3 rings (SSSR count). The molecule has 0 saturated heterocycles. The van der Waals surface area contributed by atoms with Crippen molar-refractivity contribution in [2.24, 2.45) is 5.92 Å². The number of hydrogen-bond donors (Lipinski definition) is 1. The molecule has 0 bridgehead atoms. The zero-order chi connectivity index (χ0) is 22.6. The molecule has 6 heteroatoms. The number of amides is 1. The summed E-state index contributed by atoms with van der Waals surface area (Å²) in [4.78, 5) is 12.5. The Balaban J connectivity index is 1.55. The number of nitrogens with one attached hydrogen (secondary N) is 1. The van der Waals surface area contributed by atoms with E-state index in [0.29, 0.717) is 35.9 Å². The molecule has 1 aliphatic carbocycles. The Morgan fingerprint density at radius 3 is 2.65 bits per heavy atom. The van der Waals surface area contributed by atoms with Gasteiger partial charge in [0.15, 0.2) is 0 Å². The lowest BCUT2D eigenvalue weighted by Gasteiger charge is -2.23. The van der Waals surface area contributed by atoms with Gasteiger partial charge in [0.25, 0.3) is 0 Å². The van der Waals surface area contributed by atoms with Crippen molar-refractivity contribution in [3.63, 3.8) is 0 Å². The SMILES string of the molecule is CC1CCc2c(C#N)c(NC(=O)CCCOc3ccc(C(C)(C)C)cc3)sc(=S)c2C1. The van der Waals surface area contributed by atoms with Crippen LogP contribution in [0.25, 0.3) is 0 Å². The summed E-state index contributed by atoms with van der Waals surface area (Å²) < 4.78 is 6.57. The van der Waals surface area contributed by atoms with Crippen LogP contribution < -0.4 is 10.1 Å². The van der Waals surface area contributed by atoms with E-state index in [1.807, 2.05) is 12.1 Å². The summed E-state index contributed by atoms with van der Waals surface area (Å²) >= 11 is 6.91. The molecule has 164 valence electrons. The summed E-state index contributed by atoms with van der Waals surface area (Å²) in [5.74, 6) is 1.28. The van der Waals surface area contributed by atoms with Crippen molar-refractivity contribution >= 4 is 34.5 Å². The average molecular weight is 455 g/mol. The number of hydrogen-bond acceptors (Lipinski definition) is 5. The molecule has 1 aliphatic rings. The Hall–Kier alpha value is -2.23. The van der Waals surface area contributed by atoms with E-state index >= 15 is 0 Å². The van der Waals surface area contributed by atoms with Crippen molar-refractivity contribution in [3.8, 4) is 11.8 Å². The zero-order valence-electron chi connectivity index (χ0n) is 18.7. The molecule has 1 unspecified atom stereocenters. The second kappa shape index (κ2) is 9.93. The van der Waals surface area contributed by atoms with E-state index in [0.717, 1.165) is 40.0 Å². The fraction of sp³-hybridized carbons (Fsp3) is 0.480. The maximum Gasteiger partial charge on any atom is 0.225 e. The number of carbonyl (C=O) groups is 1. The van der Waals surface area contributed by atoms with Crippen LogP contribution in [0.3, 0.4) is 0 Å². The summed E-state index contributed by atoms with van der Waals surface area (Å²) in [6.07, 6.45) is 3.75. The molecule has 2 aromatic rings. The largest absolute Gasteiger partial charge is 0.494 e. The third kappa shape index (κ3) is 5.93. The highest BCUT2D eigenvalue weighted by Gasteiger charge is 2.23. The third-order valence-electron chi connectivity index (χ3n) is 5.68. The maximum atomic E-state index is 12.5. The van der Waals surface area contributed by atoms with Crippen LogP contribution >= 0.6 is 23.6 Å². The Morgan fingerprint density at radius 1 is 1.29 bits per heavy atom. The van der Waals surface area contributed by atoms with E-state index in [-0.39, 0.29) is 11.3 Å². The molecule has 1 aromatic heterocycles. The highest BCUT2D eigenvalue weighted by atomic mass is 32.1. The van der Waals surface area contributed by atoms with Crippen molar-refractivity contribution < 1.29 is 9.53 Å². The van der Waals surface area contributed by atoms with Gasteiger partial charge in [-0.25, -0.2) is 0 Å². The molecule has 1 amide bonds. The van der Waals surface area contributed by atoms with Crippen LogP contribution in [-0.2, 0) is 23.1 Å². The van der Waals surface area contributed by atoms with Crippen molar-refractivity contribution in [3.05, 3.63) is 50.3 Å². The van der Waals surface area contributed by atoms with Gasteiger partial charge in [-0.05, 0) is 65.8 Å². The molecule has 4 nitrogen and oxygen atoms in total. The Kier molecular flexibility index (Phi) is 7.51. The van der Waals surface area contributed by atoms with Crippen LogP contribution in [0, 0.1) is 21.1 Å². The summed E-state index contributed by atoms with van der Waals surface area (Å²) in [5, 5.41) is 13.2. The summed E-state index contributed by atoms with van der Waals surface area (Å²) in [6.45, 7) is 9.21. The minimum Gasteiger partial charge on any atom is -0.494 e. The first kappa shape index (κ1) is 23.4. The van der Waals surface area contributed by atoms with Crippen molar-refractivity contribution in [2.75, 3.05) is 11.9 Å². The Morgan fingerprint density at radius 2 is 2.00 bits per heavy atom. The van der Waals surface area contributed by atoms with E-state index in [1.54, 1.807) is 0 Å². The minimum absolute atomic E-state index is 0.111. The first-order chi connectivity index (χ1) is 14.7. The van der Waals surface area contributed by atoms with Gasteiger partial charge in [0.1, 0.15) is 16.8 Å². The normalized spacial score (nSPS) is 15.6. The number of nitrogens with zero attached hydrogens (tertiary/aromatic N) is 1. The van der Waals surface area contributed by atoms with Gasteiger partial charge in [-0.1, -0.05) is 52.0 Å². The van der Waals surface area contributed by atoms with Crippen LogP contribution in [-0.4, -0.2) is 12.5 Å². The minimum atomic E-state index is -0.113. The lowest BCUT2D eigenvalue weighted by atomic mass is 9.85. The van der Waals surface area contributed by atoms with Crippen LogP contribution in [0.15, 0.2) is 24.3 Å². The van der Waals surface area contributed by atoms with E-state index in [4.69, 9.17) is 17.0 Å². The molecule has 0 aliphatic heterocycles. The number of carbonyl (C=O) groups excluding carboxylic acids is 1. The number of benzene rings is 1.